The number of hydrogen-bond acceptors (Lipinski definition) is 5. The van der Waals surface area contributed by atoms with Gasteiger partial charge in [0.15, 0.2) is 11.8 Å². The molecule has 0 aliphatic rings. The molecule has 3 aromatic rings. The van der Waals surface area contributed by atoms with Gasteiger partial charge in [-0.25, -0.2) is 0 Å². The van der Waals surface area contributed by atoms with Crippen molar-refractivity contribution in [3.63, 3.8) is 0 Å². The average molecular weight is 419 g/mol. The van der Waals surface area contributed by atoms with Gasteiger partial charge in [-0.15, -0.1) is 0 Å². The monoisotopic (exact) mass is 418 g/mol. The van der Waals surface area contributed by atoms with Crippen molar-refractivity contribution in [2.75, 3.05) is 20.6 Å². The molecule has 9 heteroatoms. The first-order valence-corrected chi connectivity index (χ1v) is 9.42. The lowest BCUT2D eigenvalue weighted by molar-refractivity contribution is 0.420. The second-order valence-corrected chi connectivity index (χ2v) is 6.87. The van der Waals surface area contributed by atoms with Gasteiger partial charge in [0, 0.05) is 39.8 Å². The lowest BCUT2D eigenvalue weighted by atomic mass is 10.2. The van der Waals surface area contributed by atoms with Crippen LogP contribution in [0.4, 0.5) is 0 Å². The molecule has 1 aromatic carbocycles. The van der Waals surface area contributed by atoms with Crippen molar-refractivity contribution in [2.24, 2.45) is 4.99 Å². The normalized spacial score (nSPS) is 11.5. The van der Waals surface area contributed by atoms with Gasteiger partial charge in [-0.05, 0) is 29.8 Å². The van der Waals surface area contributed by atoms with Crippen molar-refractivity contribution >= 4 is 29.2 Å². The molecule has 3 rings (SSSR count). The Hall–Kier alpha value is -2.64. The summed E-state index contributed by atoms with van der Waals surface area (Å²) in [5.74, 6) is 1.77. The smallest absolute Gasteiger partial charge is 0.276 e. The first-order valence-electron chi connectivity index (χ1n) is 8.66. The highest BCUT2D eigenvalue weighted by Crippen LogP contribution is 2.23. The van der Waals surface area contributed by atoms with E-state index in [1.54, 1.807) is 19.3 Å². The highest BCUT2D eigenvalue weighted by Gasteiger charge is 2.11. The molecule has 7 nitrogen and oxygen atoms in total. The third-order valence-electron chi connectivity index (χ3n) is 3.96. The standard InChI is InChI=1S/C19H20Cl2N6O/c1-22-19(27(2)12-13-6-7-14(20)15(21)11-13)24-10-8-17-25-18(28-26-17)16-5-3-4-9-23-16/h3-7,9,11H,8,10,12H2,1-2H3,(H,22,24). The zero-order valence-electron chi connectivity index (χ0n) is 15.6. The Morgan fingerprint density at radius 3 is 2.79 bits per heavy atom. The van der Waals surface area contributed by atoms with Crippen molar-refractivity contribution < 1.29 is 4.52 Å². The van der Waals surface area contributed by atoms with E-state index in [1.165, 1.54) is 0 Å². The van der Waals surface area contributed by atoms with Gasteiger partial charge in [0.25, 0.3) is 5.89 Å². The summed E-state index contributed by atoms with van der Waals surface area (Å²) in [7, 11) is 3.69. The Balaban J connectivity index is 1.52. The van der Waals surface area contributed by atoms with Crippen LogP contribution in [0.1, 0.15) is 11.4 Å². The molecule has 0 spiro atoms. The highest BCUT2D eigenvalue weighted by molar-refractivity contribution is 6.42. The molecule has 0 fully saturated rings. The van der Waals surface area contributed by atoms with Gasteiger partial charge >= 0.3 is 0 Å². The van der Waals surface area contributed by atoms with E-state index in [-0.39, 0.29) is 0 Å². The van der Waals surface area contributed by atoms with E-state index in [9.17, 15) is 0 Å². The third-order valence-corrected chi connectivity index (χ3v) is 4.70. The maximum Gasteiger partial charge on any atom is 0.276 e. The van der Waals surface area contributed by atoms with Crippen LogP contribution < -0.4 is 5.32 Å². The zero-order chi connectivity index (χ0) is 19.9. The minimum Gasteiger partial charge on any atom is -0.356 e. The molecular formula is C19H20Cl2N6O. The predicted molar refractivity (Wildman–Crippen MR) is 111 cm³/mol. The SMILES string of the molecule is CN=C(NCCc1noc(-c2ccccn2)n1)N(C)Cc1ccc(Cl)c(Cl)c1. The van der Waals surface area contributed by atoms with Crippen molar-refractivity contribution in [3.8, 4) is 11.6 Å². The van der Waals surface area contributed by atoms with Crippen LogP contribution in [0.5, 0.6) is 0 Å². The number of halogens is 2. The fraction of sp³-hybridized carbons (Fsp3) is 0.263. The van der Waals surface area contributed by atoms with Gasteiger partial charge in [0.05, 0.1) is 10.0 Å². The third kappa shape index (κ3) is 5.21. The Morgan fingerprint density at radius 2 is 2.07 bits per heavy atom. The van der Waals surface area contributed by atoms with E-state index in [2.05, 4.69) is 25.4 Å². The minimum atomic E-state index is 0.414. The molecule has 2 heterocycles. The lowest BCUT2D eigenvalue weighted by Crippen LogP contribution is -2.39. The van der Waals surface area contributed by atoms with E-state index >= 15 is 0 Å². The molecule has 0 aliphatic heterocycles. The topological polar surface area (TPSA) is 79.4 Å². The number of nitrogens with one attached hydrogen (secondary N) is 1. The van der Waals surface area contributed by atoms with Crippen LogP contribution in [0.25, 0.3) is 11.6 Å². The van der Waals surface area contributed by atoms with Gasteiger partial charge in [-0.3, -0.25) is 9.98 Å². The van der Waals surface area contributed by atoms with E-state index < -0.39 is 0 Å². The molecule has 0 amide bonds. The average Bonchev–Trinajstić information content (AvgIpc) is 3.18. The Bertz CT molecular complexity index is 945. The van der Waals surface area contributed by atoms with Gasteiger partial charge < -0.3 is 14.7 Å². The first kappa shape index (κ1) is 20.1. The molecule has 2 aromatic heterocycles. The molecule has 0 aliphatic carbocycles. The fourth-order valence-corrected chi connectivity index (χ4v) is 2.93. The van der Waals surface area contributed by atoms with Crippen molar-refractivity contribution in [3.05, 3.63) is 64.0 Å². The number of benzene rings is 1. The quantitative estimate of drug-likeness (QED) is 0.485. The number of aromatic nitrogens is 3. The Kier molecular flexibility index (Phi) is 6.84. The van der Waals surface area contributed by atoms with E-state index in [4.69, 9.17) is 27.7 Å². The lowest BCUT2D eigenvalue weighted by Gasteiger charge is -2.22. The van der Waals surface area contributed by atoms with Crippen LogP contribution >= 0.6 is 23.2 Å². The molecule has 1 N–H and O–H groups in total. The molecular weight excluding hydrogens is 399 g/mol. The summed E-state index contributed by atoms with van der Waals surface area (Å²) in [6, 6.07) is 11.1. The van der Waals surface area contributed by atoms with Crippen molar-refractivity contribution in [2.45, 2.75) is 13.0 Å². The van der Waals surface area contributed by atoms with Gasteiger partial charge in [-0.1, -0.05) is 40.5 Å². The number of aliphatic imine (C=N–C) groups is 1. The van der Waals surface area contributed by atoms with E-state index in [0.717, 1.165) is 11.5 Å². The largest absolute Gasteiger partial charge is 0.356 e. The molecule has 0 saturated carbocycles. The molecule has 0 unspecified atom stereocenters. The van der Waals surface area contributed by atoms with Crippen molar-refractivity contribution in [1.82, 2.24) is 25.3 Å². The van der Waals surface area contributed by atoms with Gasteiger partial charge in [-0.2, -0.15) is 4.98 Å². The number of hydrogen-bond donors (Lipinski definition) is 1. The summed E-state index contributed by atoms with van der Waals surface area (Å²) in [6.45, 7) is 1.25. The van der Waals surface area contributed by atoms with Crippen LogP contribution in [0.15, 0.2) is 52.1 Å². The molecule has 146 valence electrons. The summed E-state index contributed by atoms with van der Waals surface area (Å²) in [5.41, 5.74) is 1.70. The Labute approximate surface area is 173 Å². The first-order chi connectivity index (χ1) is 13.6. The number of pyridine rings is 1. The highest BCUT2D eigenvalue weighted by atomic mass is 35.5. The minimum absolute atomic E-state index is 0.414. The van der Waals surface area contributed by atoms with E-state index in [0.29, 0.717) is 47.0 Å². The van der Waals surface area contributed by atoms with Crippen molar-refractivity contribution in [1.29, 1.82) is 0 Å². The van der Waals surface area contributed by atoms with E-state index in [1.807, 2.05) is 42.3 Å². The Morgan fingerprint density at radius 1 is 1.21 bits per heavy atom. The van der Waals surface area contributed by atoms with Crippen LogP contribution in [0.3, 0.4) is 0 Å². The van der Waals surface area contributed by atoms with Crippen LogP contribution in [-0.2, 0) is 13.0 Å². The zero-order valence-corrected chi connectivity index (χ0v) is 17.1. The maximum atomic E-state index is 6.08. The predicted octanol–water partition coefficient (Wildman–Crippen LogP) is 3.69. The fourth-order valence-electron chi connectivity index (χ4n) is 2.61. The maximum absolute atomic E-state index is 6.08. The number of nitrogens with zero attached hydrogens (tertiary/aromatic N) is 5. The molecule has 0 atom stereocenters. The summed E-state index contributed by atoms with van der Waals surface area (Å²) in [6.07, 6.45) is 2.28. The molecule has 0 saturated heterocycles. The van der Waals surface area contributed by atoms with Gasteiger partial charge in [0.2, 0.25) is 0 Å². The number of rotatable bonds is 6. The summed E-state index contributed by atoms with van der Waals surface area (Å²) in [5, 5.41) is 8.37. The second-order valence-electron chi connectivity index (χ2n) is 6.06. The van der Waals surface area contributed by atoms with Crippen LogP contribution in [-0.4, -0.2) is 46.6 Å². The summed E-state index contributed by atoms with van der Waals surface area (Å²) < 4.78 is 5.27. The molecule has 28 heavy (non-hydrogen) atoms. The van der Waals surface area contributed by atoms with Crippen LogP contribution in [0.2, 0.25) is 10.0 Å². The number of guanidine groups is 1. The van der Waals surface area contributed by atoms with Gasteiger partial charge in [0.1, 0.15) is 5.69 Å². The van der Waals surface area contributed by atoms with Crippen LogP contribution in [0, 0.1) is 0 Å². The molecule has 0 radical (unpaired) electrons. The second kappa shape index (κ2) is 9.52. The summed E-state index contributed by atoms with van der Waals surface area (Å²) in [4.78, 5) is 14.9. The summed E-state index contributed by atoms with van der Waals surface area (Å²) >= 11 is 12.1. The molecule has 0 bridgehead atoms.